The number of aromatic nitrogens is 1. The highest BCUT2D eigenvalue weighted by Crippen LogP contribution is 2.47. The Morgan fingerprint density at radius 3 is 2.83 bits per heavy atom. The molecule has 0 spiro atoms. The lowest BCUT2D eigenvalue weighted by atomic mass is 9.74. The van der Waals surface area contributed by atoms with Gasteiger partial charge in [-0.25, -0.2) is 4.79 Å². The minimum absolute atomic E-state index is 0.105. The highest BCUT2D eigenvalue weighted by molar-refractivity contribution is 5.91. The van der Waals surface area contributed by atoms with Crippen molar-refractivity contribution >= 4 is 16.9 Å². The lowest BCUT2D eigenvalue weighted by molar-refractivity contribution is -0.137. The second kappa shape index (κ2) is 8.11. The summed E-state index contributed by atoms with van der Waals surface area (Å²) in [6.45, 7) is 4.19. The zero-order valence-electron chi connectivity index (χ0n) is 17.7. The fourth-order valence-corrected chi connectivity index (χ4v) is 5.28. The van der Waals surface area contributed by atoms with Crippen LogP contribution in [0.15, 0.2) is 30.0 Å². The van der Waals surface area contributed by atoms with Crippen LogP contribution < -0.4 is 4.74 Å². The van der Waals surface area contributed by atoms with Crippen LogP contribution >= 0.6 is 0 Å². The number of fused-ring (bicyclic) bond motifs is 5. The number of ether oxygens (including phenoxy) is 3. The monoisotopic (exact) mass is 398 g/mol. The summed E-state index contributed by atoms with van der Waals surface area (Å²) in [7, 11) is 4.75. The maximum atomic E-state index is 12.5. The molecule has 6 heteroatoms. The van der Waals surface area contributed by atoms with Crippen LogP contribution in [0.1, 0.15) is 37.1 Å². The molecule has 1 saturated heterocycles. The summed E-state index contributed by atoms with van der Waals surface area (Å²) in [5.74, 6) is 1.12. The number of hydrogen-bond acceptors (Lipinski definition) is 5. The van der Waals surface area contributed by atoms with Crippen molar-refractivity contribution in [3.05, 3.63) is 41.3 Å². The van der Waals surface area contributed by atoms with Gasteiger partial charge in [0.2, 0.25) is 0 Å². The quantitative estimate of drug-likeness (QED) is 0.471. The molecule has 0 aliphatic carbocycles. The van der Waals surface area contributed by atoms with Crippen molar-refractivity contribution in [2.75, 3.05) is 34.4 Å². The third kappa shape index (κ3) is 3.29. The minimum atomic E-state index is -0.293. The number of esters is 1. The third-order valence-corrected chi connectivity index (χ3v) is 6.67. The zero-order chi connectivity index (χ0) is 20.5. The number of nitrogens with one attached hydrogen (secondary N) is 1. The first-order valence-electron chi connectivity index (χ1n) is 10.4. The van der Waals surface area contributed by atoms with Crippen LogP contribution in [-0.2, 0) is 20.7 Å². The fourth-order valence-electron chi connectivity index (χ4n) is 5.28. The van der Waals surface area contributed by atoms with Crippen LogP contribution in [0.3, 0.4) is 0 Å². The van der Waals surface area contributed by atoms with Crippen molar-refractivity contribution in [3.8, 4) is 5.75 Å². The van der Waals surface area contributed by atoms with Gasteiger partial charge >= 0.3 is 5.97 Å². The van der Waals surface area contributed by atoms with E-state index < -0.39 is 0 Å². The smallest absolute Gasteiger partial charge is 0.337 e. The number of methoxy groups -OCH3 is 3. The summed E-state index contributed by atoms with van der Waals surface area (Å²) >= 11 is 0. The molecule has 4 rings (SSSR count). The predicted molar refractivity (Wildman–Crippen MR) is 112 cm³/mol. The molecular weight excluding hydrogens is 368 g/mol. The van der Waals surface area contributed by atoms with Crippen LogP contribution in [0, 0.1) is 11.8 Å². The van der Waals surface area contributed by atoms with E-state index in [1.54, 1.807) is 20.5 Å². The molecule has 1 aromatic heterocycles. The van der Waals surface area contributed by atoms with Gasteiger partial charge in [-0.2, -0.15) is 0 Å². The first kappa shape index (κ1) is 19.8. The summed E-state index contributed by atoms with van der Waals surface area (Å²) in [5.41, 5.74) is 4.37. The van der Waals surface area contributed by atoms with Crippen LogP contribution in [0.5, 0.6) is 5.75 Å². The van der Waals surface area contributed by atoms with Gasteiger partial charge in [0.25, 0.3) is 0 Å². The average molecular weight is 399 g/mol. The minimum Gasteiger partial charge on any atom is -0.504 e. The van der Waals surface area contributed by atoms with Crippen molar-refractivity contribution in [3.63, 3.8) is 0 Å². The molecule has 6 nitrogen and oxygen atoms in total. The van der Waals surface area contributed by atoms with E-state index in [0.29, 0.717) is 11.5 Å². The van der Waals surface area contributed by atoms with E-state index in [9.17, 15) is 4.79 Å². The van der Waals surface area contributed by atoms with Gasteiger partial charge in [-0.1, -0.05) is 19.4 Å². The summed E-state index contributed by atoms with van der Waals surface area (Å²) in [6.07, 6.45) is 4.46. The van der Waals surface area contributed by atoms with E-state index in [1.165, 1.54) is 23.8 Å². The Kier molecular flexibility index (Phi) is 5.54. The van der Waals surface area contributed by atoms with Gasteiger partial charge in [-0.05, 0) is 42.4 Å². The summed E-state index contributed by atoms with van der Waals surface area (Å²) in [6, 6.07) is 6.40. The van der Waals surface area contributed by atoms with E-state index in [0.717, 1.165) is 43.6 Å². The molecule has 0 bridgehead atoms. The number of nitrogens with zero attached hydrogens (tertiary/aromatic N) is 1. The van der Waals surface area contributed by atoms with Crippen molar-refractivity contribution in [1.82, 2.24) is 9.88 Å². The molecule has 0 radical (unpaired) electrons. The molecular formula is C23H30N2O4. The molecule has 1 N–H and O–H groups in total. The first-order chi connectivity index (χ1) is 14.1. The molecule has 1 aromatic carbocycles. The van der Waals surface area contributed by atoms with Gasteiger partial charge in [0, 0.05) is 29.7 Å². The van der Waals surface area contributed by atoms with E-state index in [4.69, 9.17) is 14.2 Å². The lowest BCUT2D eigenvalue weighted by Crippen LogP contribution is -2.47. The number of benzene rings is 1. The Balaban J connectivity index is 1.76. The topological polar surface area (TPSA) is 63.8 Å². The van der Waals surface area contributed by atoms with Gasteiger partial charge in [-0.15, -0.1) is 0 Å². The molecule has 2 aromatic rings. The van der Waals surface area contributed by atoms with Crippen molar-refractivity contribution < 1.29 is 19.0 Å². The summed E-state index contributed by atoms with van der Waals surface area (Å²) in [4.78, 5) is 18.7. The second-order valence-corrected chi connectivity index (χ2v) is 7.97. The van der Waals surface area contributed by atoms with E-state index >= 15 is 0 Å². The molecule has 3 atom stereocenters. The molecule has 3 heterocycles. The molecule has 0 unspecified atom stereocenters. The highest BCUT2D eigenvalue weighted by Gasteiger charge is 2.42. The van der Waals surface area contributed by atoms with Crippen LogP contribution in [-0.4, -0.2) is 50.3 Å². The number of piperidine rings is 1. The Hall–Kier alpha value is -2.47. The molecule has 156 valence electrons. The van der Waals surface area contributed by atoms with Crippen molar-refractivity contribution in [1.29, 1.82) is 0 Å². The van der Waals surface area contributed by atoms with Crippen molar-refractivity contribution in [2.45, 2.75) is 32.2 Å². The Labute approximate surface area is 171 Å². The van der Waals surface area contributed by atoms with E-state index in [1.807, 2.05) is 12.1 Å². The molecule has 1 fully saturated rings. The average Bonchev–Trinajstić information content (AvgIpc) is 3.15. The number of rotatable bonds is 5. The van der Waals surface area contributed by atoms with Gasteiger partial charge in [0.1, 0.15) is 5.75 Å². The molecule has 2 aliphatic heterocycles. The highest BCUT2D eigenvalue weighted by atomic mass is 16.5. The number of hydrogen-bond donors (Lipinski definition) is 1. The van der Waals surface area contributed by atoms with Gasteiger partial charge in [0.15, 0.2) is 0 Å². The Bertz CT molecular complexity index is 932. The first-order valence-corrected chi connectivity index (χ1v) is 10.4. The lowest BCUT2D eigenvalue weighted by Gasteiger charge is -2.46. The van der Waals surface area contributed by atoms with Crippen molar-refractivity contribution in [2.24, 2.45) is 11.8 Å². The Morgan fingerprint density at radius 2 is 2.14 bits per heavy atom. The van der Waals surface area contributed by atoms with E-state index in [2.05, 4.69) is 22.9 Å². The summed E-state index contributed by atoms with van der Waals surface area (Å²) < 4.78 is 16.0. The molecule has 2 aliphatic rings. The third-order valence-electron chi connectivity index (χ3n) is 6.67. The molecule has 29 heavy (non-hydrogen) atoms. The predicted octanol–water partition coefficient (Wildman–Crippen LogP) is 3.83. The second-order valence-electron chi connectivity index (χ2n) is 7.97. The number of aromatic amines is 1. The fraction of sp³-hybridized carbons (Fsp3) is 0.522. The standard InChI is InChI=1S/C23H30N2O4/c1-5-14-12-25-10-9-15-21-18(7-6-8-20(21)28-3)24-22(15)19(25)11-16(14)17(13-27-2)23(26)29-4/h6-8,13-14,16,19,24H,5,9-12H2,1-4H3/b17-13-/t14-,16+,19+/m1/s1. The maximum absolute atomic E-state index is 12.5. The molecule has 0 saturated carbocycles. The van der Waals surface area contributed by atoms with Crippen LogP contribution in [0.2, 0.25) is 0 Å². The number of carbonyl (C=O) groups is 1. The summed E-state index contributed by atoms with van der Waals surface area (Å²) in [5, 5.41) is 1.19. The molecule has 0 amide bonds. The Morgan fingerprint density at radius 1 is 1.31 bits per heavy atom. The van der Waals surface area contributed by atoms with Crippen LogP contribution in [0.4, 0.5) is 0 Å². The van der Waals surface area contributed by atoms with Gasteiger partial charge in [0.05, 0.1) is 39.2 Å². The van der Waals surface area contributed by atoms with Gasteiger partial charge in [-0.3, -0.25) is 4.90 Å². The van der Waals surface area contributed by atoms with E-state index in [-0.39, 0.29) is 17.9 Å². The number of H-pyrrole nitrogens is 1. The van der Waals surface area contributed by atoms with Gasteiger partial charge < -0.3 is 19.2 Å². The maximum Gasteiger partial charge on any atom is 0.337 e. The largest absolute Gasteiger partial charge is 0.504 e. The SMILES string of the molecule is CC[C@@H]1CN2CCc3c([nH]c4cccc(OC)c34)[C@@H]2C[C@@H]1/C(=C/OC)C(=O)OC. The zero-order valence-corrected chi connectivity index (χ0v) is 17.7. The normalized spacial score (nSPS) is 24.7. The number of carbonyl (C=O) groups excluding carboxylic acids is 1. The van der Waals surface area contributed by atoms with Crippen LogP contribution in [0.25, 0.3) is 10.9 Å².